The lowest BCUT2D eigenvalue weighted by atomic mass is 10.0. The molecule has 2 aromatic carbocycles. The molecule has 3 aliphatic heterocycles. The van der Waals surface area contributed by atoms with Gasteiger partial charge in [0.25, 0.3) is 10.0 Å². The number of sulfonamides is 1. The number of ether oxygens (including phenoxy) is 4. The molecule has 224 valence electrons. The Morgan fingerprint density at radius 1 is 1.07 bits per heavy atom. The lowest BCUT2D eigenvalue weighted by Crippen LogP contribution is -2.52. The van der Waals surface area contributed by atoms with Gasteiger partial charge in [-0.25, -0.2) is 13.2 Å². The molecule has 5 rings (SSSR count). The molecule has 3 saturated heterocycles. The molecule has 1 unspecified atom stereocenters. The highest BCUT2D eigenvalue weighted by Gasteiger charge is 2.44. The third-order valence-electron chi connectivity index (χ3n) is 7.50. The van der Waals surface area contributed by atoms with E-state index in [1.165, 1.54) is 18.2 Å². The molecule has 0 radical (unpaired) electrons. The second-order valence-electron chi connectivity index (χ2n) is 10.5. The van der Waals surface area contributed by atoms with Gasteiger partial charge in [-0.15, -0.1) is 0 Å². The van der Waals surface area contributed by atoms with E-state index in [4.69, 9.17) is 29.5 Å². The van der Waals surface area contributed by atoms with E-state index in [1.807, 2.05) is 30.3 Å². The number of carbonyl (C=O) groups excluding carboxylic acids is 1. The fourth-order valence-electron chi connectivity index (χ4n) is 5.24. The first kappa shape index (κ1) is 29.7. The Labute approximate surface area is 239 Å². The number of aliphatic hydroxyl groups excluding tert-OH is 1. The summed E-state index contributed by atoms with van der Waals surface area (Å²) in [6.45, 7) is 1.18. The SMILES string of the molecule is Nc1cccc(S(=O)(=O)N(C[C@H](O)C(Cc2ccccc2)NC(=O)O[C@@H]2CO[C@@H]3OCC[C@@H]32)OC2CCOCC2)c1. The van der Waals surface area contributed by atoms with Crippen LogP contribution in [0.4, 0.5) is 10.5 Å². The summed E-state index contributed by atoms with van der Waals surface area (Å²) in [5, 5.41) is 14.2. The molecule has 1 amide bonds. The van der Waals surface area contributed by atoms with Gasteiger partial charge in [0.2, 0.25) is 0 Å². The summed E-state index contributed by atoms with van der Waals surface area (Å²) < 4.78 is 50.3. The van der Waals surface area contributed by atoms with Gasteiger partial charge in [0.1, 0.15) is 6.10 Å². The zero-order chi connectivity index (χ0) is 28.8. The van der Waals surface area contributed by atoms with Crippen LogP contribution in [0, 0.1) is 5.92 Å². The number of anilines is 1. The zero-order valence-corrected chi connectivity index (χ0v) is 23.5. The molecule has 5 atom stereocenters. The molecule has 0 saturated carbocycles. The number of alkyl carbamates (subject to hydrolysis) is 1. The van der Waals surface area contributed by atoms with Crippen LogP contribution >= 0.6 is 0 Å². The maximum atomic E-state index is 13.7. The van der Waals surface area contributed by atoms with E-state index in [2.05, 4.69) is 5.32 Å². The minimum atomic E-state index is -4.23. The van der Waals surface area contributed by atoms with Gasteiger partial charge in [0, 0.05) is 18.9 Å². The summed E-state index contributed by atoms with van der Waals surface area (Å²) in [5.41, 5.74) is 6.97. The fourth-order valence-corrected chi connectivity index (χ4v) is 6.59. The molecule has 0 spiro atoms. The number of hydrogen-bond donors (Lipinski definition) is 3. The molecule has 2 aromatic rings. The van der Waals surface area contributed by atoms with Gasteiger partial charge in [-0.2, -0.15) is 0 Å². The number of nitrogens with two attached hydrogens (primary N) is 1. The van der Waals surface area contributed by atoms with Crippen molar-refractivity contribution >= 4 is 21.8 Å². The van der Waals surface area contributed by atoms with Crippen molar-refractivity contribution < 1.29 is 42.1 Å². The normalized spacial score (nSPS) is 24.6. The van der Waals surface area contributed by atoms with Crippen molar-refractivity contribution in [2.24, 2.45) is 5.92 Å². The fraction of sp³-hybridized carbons (Fsp3) is 0.536. The van der Waals surface area contributed by atoms with E-state index in [0.717, 1.165) is 16.5 Å². The molecule has 12 nitrogen and oxygen atoms in total. The third kappa shape index (κ3) is 7.55. The van der Waals surface area contributed by atoms with Crippen molar-refractivity contribution in [3.63, 3.8) is 0 Å². The van der Waals surface area contributed by atoms with Gasteiger partial charge in [-0.1, -0.05) is 40.9 Å². The minimum Gasteiger partial charge on any atom is -0.443 e. The molecule has 0 aliphatic carbocycles. The predicted molar refractivity (Wildman–Crippen MR) is 147 cm³/mol. The quantitative estimate of drug-likeness (QED) is 0.260. The monoisotopic (exact) mass is 591 g/mol. The average Bonchev–Trinajstić information content (AvgIpc) is 3.59. The number of nitrogen functional groups attached to an aromatic ring is 1. The number of carbonyl (C=O) groups is 1. The number of aliphatic hydroxyl groups is 1. The van der Waals surface area contributed by atoms with E-state index in [-0.39, 0.29) is 35.8 Å². The molecule has 3 fully saturated rings. The molecule has 4 N–H and O–H groups in total. The van der Waals surface area contributed by atoms with Crippen LogP contribution < -0.4 is 11.1 Å². The topological polar surface area (TPSA) is 159 Å². The second-order valence-corrected chi connectivity index (χ2v) is 12.3. The number of rotatable bonds is 11. The molecule has 0 aromatic heterocycles. The molecule has 3 aliphatic rings. The minimum absolute atomic E-state index is 0.0509. The van der Waals surface area contributed by atoms with Gasteiger partial charge in [-0.3, -0.25) is 4.84 Å². The Hall–Kier alpha value is -2.78. The Balaban J connectivity index is 1.34. The highest BCUT2D eigenvalue weighted by Crippen LogP contribution is 2.33. The van der Waals surface area contributed by atoms with E-state index < -0.39 is 47.0 Å². The van der Waals surface area contributed by atoms with Gasteiger partial charge >= 0.3 is 6.09 Å². The van der Waals surface area contributed by atoms with E-state index in [0.29, 0.717) is 32.7 Å². The van der Waals surface area contributed by atoms with Crippen molar-refractivity contribution in [3.05, 3.63) is 60.2 Å². The Bertz CT molecular complexity index is 1260. The molecule has 3 heterocycles. The molecule has 13 heteroatoms. The van der Waals surface area contributed by atoms with Crippen LogP contribution in [-0.2, 0) is 40.2 Å². The van der Waals surface area contributed by atoms with Crippen LogP contribution in [0.15, 0.2) is 59.5 Å². The van der Waals surface area contributed by atoms with Crippen molar-refractivity contribution in [2.45, 2.75) is 61.2 Å². The van der Waals surface area contributed by atoms with Crippen LogP contribution in [-0.4, -0.2) is 87.7 Å². The lowest BCUT2D eigenvalue weighted by Gasteiger charge is -2.32. The Morgan fingerprint density at radius 3 is 2.61 bits per heavy atom. The maximum Gasteiger partial charge on any atom is 0.407 e. The Morgan fingerprint density at radius 2 is 1.85 bits per heavy atom. The Kier molecular flexibility index (Phi) is 9.75. The third-order valence-corrected chi connectivity index (χ3v) is 9.13. The highest BCUT2D eigenvalue weighted by molar-refractivity contribution is 7.89. The van der Waals surface area contributed by atoms with Crippen LogP contribution in [0.25, 0.3) is 0 Å². The number of nitrogens with one attached hydrogen (secondary N) is 1. The summed E-state index contributed by atoms with van der Waals surface area (Å²) in [6.07, 6.45) is -1.46. The van der Waals surface area contributed by atoms with Crippen LogP contribution in [0.1, 0.15) is 24.8 Å². The van der Waals surface area contributed by atoms with Crippen LogP contribution in [0.3, 0.4) is 0 Å². The first-order chi connectivity index (χ1) is 19.8. The maximum absolute atomic E-state index is 13.7. The summed E-state index contributed by atoms with van der Waals surface area (Å²) >= 11 is 0. The molecular formula is C28H37N3O9S. The largest absolute Gasteiger partial charge is 0.443 e. The predicted octanol–water partition coefficient (Wildman–Crippen LogP) is 1.83. The van der Waals surface area contributed by atoms with Crippen molar-refractivity contribution in [2.75, 3.05) is 38.7 Å². The smallest absolute Gasteiger partial charge is 0.407 e. The van der Waals surface area contributed by atoms with E-state index >= 15 is 0 Å². The van der Waals surface area contributed by atoms with Crippen LogP contribution in [0.5, 0.6) is 0 Å². The zero-order valence-electron chi connectivity index (χ0n) is 22.7. The van der Waals surface area contributed by atoms with Gasteiger partial charge in [0.15, 0.2) is 6.29 Å². The van der Waals surface area contributed by atoms with Crippen molar-refractivity contribution in [3.8, 4) is 0 Å². The number of amides is 1. The molecule has 41 heavy (non-hydrogen) atoms. The van der Waals surface area contributed by atoms with Crippen molar-refractivity contribution in [1.82, 2.24) is 9.79 Å². The number of hydroxylamine groups is 1. The van der Waals surface area contributed by atoms with Gasteiger partial charge in [0.05, 0.1) is 48.8 Å². The second kappa shape index (κ2) is 13.5. The van der Waals surface area contributed by atoms with Gasteiger partial charge < -0.3 is 35.1 Å². The number of hydrogen-bond acceptors (Lipinski definition) is 10. The number of nitrogens with zero attached hydrogens (tertiary/aromatic N) is 1. The summed E-state index contributed by atoms with van der Waals surface area (Å²) in [5.74, 6) is -0.0509. The standard InChI is InChI=1S/C28H37N3O9S/c29-20-7-4-8-22(16-20)41(34,35)31(40-21-9-12-36-13-10-21)17-25(32)24(15-19-5-2-1-3-6-19)30-28(33)39-26-18-38-27-23(26)11-14-37-27/h1-8,16,21,23-27,32H,9-15,17-18,29H2,(H,30,33)/t23-,24?,25+,26-,27+/m1/s1. The molecule has 0 bridgehead atoms. The van der Waals surface area contributed by atoms with Crippen molar-refractivity contribution in [1.29, 1.82) is 0 Å². The number of benzene rings is 2. The summed E-state index contributed by atoms with van der Waals surface area (Å²) in [7, 11) is -4.23. The number of fused-ring (bicyclic) bond motifs is 1. The summed E-state index contributed by atoms with van der Waals surface area (Å²) in [4.78, 5) is 18.9. The first-order valence-corrected chi connectivity index (χ1v) is 15.3. The molecular weight excluding hydrogens is 554 g/mol. The first-order valence-electron chi connectivity index (χ1n) is 13.8. The van der Waals surface area contributed by atoms with E-state index in [9.17, 15) is 18.3 Å². The van der Waals surface area contributed by atoms with Gasteiger partial charge in [-0.05, 0) is 49.4 Å². The van der Waals surface area contributed by atoms with E-state index in [1.54, 1.807) is 6.07 Å². The lowest BCUT2D eigenvalue weighted by molar-refractivity contribution is -0.170. The average molecular weight is 592 g/mol. The summed E-state index contributed by atoms with van der Waals surface area (Å²) in [6, 6.07) is 14.2. The van der Waals surface area contributed by atoms with Crippen LogP contribution in [0.2, 0.25) is 0 Å². The highest BCUT2D eigenvalue weighted by atomic mass is 32.2.